The summed E-state index contributed by atoms with van der Waals surface area (Å²) >= 11 is 0. The van der Waals surface area contributed by atoms with Crippen LogP contribution in [0.4, 0.5) is 0 Å². The van der Waals surface area contributed by atoms with Crippen molar-refractivity contribution in [2.45, 2.75) is 0 Å². The number of rotatable bonds is 2. The first-order valence-corrected chi connectivity index (χ1v) is 5.82. The zero-order chi connectivity index (χ0) is 11.3. The van der Waals surface area contributed by atoms with E-state index in [9.17, 15) is 8.42 Å². The molecule has 0 saturated carbocycles. The molecule has 2 aliphatic heterocycles. The molecule has 0 amide bonds. The van der Waals surface area contributed by atoms with Gasteiger partial charge in [-0.1, -0.05) is 0 Å². The second-order valence-corrected chi connectivity index (χ2v) is 4.55. The fourth-order valence-electron chi connectivity index (χ4n) is 1.87. The van der Waals surface area contributed by atoms with E-state index in [0.29, 0.717) is 12.2 Å². The number of hydroxylamine groups is 2. The maximum Gasteiger partial charge on any atom is 0.418 e. The number of nitrogens with one attached hydrogen (secondary N) is 1. The van der Waals surface area contributed by atoms with Crippen molar-refractivity contribution >= 4 is 22.3 Å². The van der Waals surface area contributed by atoms with Gasteiger partial charge in [-0.2, -0.15) is 13.5 Å². The van der Waals surface area contributed by atoms with Crippen molar-refractivity contribution in [3.63, 3.8) is 0 Å². The van der Waals surface area contributed by atoms with Gasteiger partial charge in [-0.15, -0.1) is 4.28 Å². The summed E-state index contributed by atoms with van der Waals surface area (Å²) in [4.78, 5) is 1.83. The first-order chi connectivity index (χ1) is 7.53. The van der Waals surface area contributed by atoms with Crippen molar-refractivity contribution in [2.75, 3.05) is 13.2 Å². The second-order valence-electron chi connectivity index (χ2n) is 3.54. The molecule has 1 aromatic rings. The highest BCUT2D eigenvalue weighted by Gasteiger charge is 2.30. The lowest BCUT2D eigenvalue weighted by atomic mass is 10.3. The van der Waals surface area contributed by atoms with Crippen LogP contribution >= 0.6 is 0 Å². The van der Waals surface area contributed by atoms with Crippen molar-refractivity contribution in [2.24, 2.45) is 0 Å². The predicted octanol–water partition coefficient (Wildman–Crippen LogP) is -2.42. The highest BCUT2D eigenvalue weighted by Crippen LogP contribution is 2.19. The molecule has 0 aliphatic carbocycles. The Morgan fingerprint density at radius 1 is 1.56 bits per heavy atom. The third-order valence-electron chi connectivity index (χ3n) is 2.44. The SMILES string of the molecule is O=S(=O)(O)ON1CN2C=c3[nH]ncc3=C1C2. The molecule has 0 unspecified atom stereocenters. The molecule has 1 fully saturated rings. The molecule has 8 nitrogen and oxygen atoms in total. The van der Waals surface area contributed by atoms with Crippen LogP contribution in [0.25, 0.3) is 11.9 Å². The summed E-state index contributed by atoms with van der Waals surface area (Å²) in [7, 11) is -4.50. The first-order valence-electron chi connectivity index (χ1n) is 4.46. The monoisotopic (exact) mass is 244 g/mol. The number of aromatic amines is 1. The predicted molar refractivity (Wildman–Crippen MR) is 51.8 cm³/mol. The van der Waals surface area contributed by atoms with Crippen molar-refractivity contribution in [3.05, 3.63) is 16.8 Å². The molecular formula is C7H8N4O4S. The van der Waals surface area contributed by atoms with Crippen LogP contribution in [0.5, 0.6) is 0 Å². The molecule has 16 heavy (non-hydrogen) atoms. The number of hydrogen-bond acceptors (Lipinski definition) is 6. The van der Waals surface area contributed by atoms with Crippen LogP contribution in [0.1, 0.15) is 0 Å². The maximum absolute atomic E-state index is 10.7. The summed E-state index contributed by atoms with van der Waals surface area (Å²) in [6.45, 7) is 0.777. The molecular weight excluding hydrogens is 236 g/mol. The van der Waals surface area contributed by atoms with Gasteiger partial charge in [0.25, 0.3) is 0 Å². The molecule has 3 heterocycles. The lowest BCUT2D eigenvalue weighted by Crippen LogP contribution is -2.34. The Morgan fingerprint density at radius 3 is 3.12 bits per heavy atom. The Kier molecular flexibility index (Phi) is 1.79. The van der Waals surface area contributed by atoms with Crippen LogP contribution in [0.2, 0.25) is 0 Å². The van der Waals surface area contributed by atoms with E-state index in [0.717, 1.165) is 15.6 Å². The Morgan fingerprint density at radius 2 is 2.38 bits per heavy atom. The van der Waals surface area contributed by atoms with E-state index >= 15 is 0 Å². The van der Waals surface area contributed by atoms with E-state index in [-0.39, 0.29) is 6.67 Å². The minimum Gasteiger partial charge on any atom is -0.350 e. The van der Waals surface area contributed by atoms with E-state index in [1.54, 1.807) is 6.20 Å². The van der Waals surface area contributed by atoms with Crippen molar-refractivity contribution < 1.29 is 17.3 Å². The largest absolute Gasteiger partial charge is 0.418 e. The van der Waals surface area contributed by atoms with Crippen molar-refractivity contribution in [1.29, 1.82) is 0 Å². The van der Waals surface area contributed by atoms with E-state index in [1.807, 2.05) is 11.1 Å². The number of H-pyrrole nitrogens is 1. The number of fused-ring (bicyclic) bond motifs is 3. The van der Waals surface area contributed by atoms with E-state index < -0.39 is 10.4 Å². The van der Waals surface area contributed by atoms with Gasteiger partial charge in [0.05, 0.1) is 23.8 Å². The average molecular weight is 244 g/mol. The fourth-order valence-corrected chi connectivity index (χ4v) is 2.23. The molecule has 0 aromatic carbocycles. The number of nitrogens with zero attached hydrogens (tertiary/aromatic N) is 3. The van der Waals surface area contributed by atoms with Crippen LogP contribution in [-0.4, -0.2) is 46.3 Å². The summed E-state index contributed by atoms with van der Waals surface area (Å²) in [6.07, 6.45) is 3.41. The minimum absolute atomic E-state index is 0.248. The van der Waals surface area contributed by atoms with Gasteiger partial charge in [-0.3, -0.25) is 9.65 Å². The van der Waals surface area contributed by atoms with Crippen LogP contribution in [0.3, 0.4) is 0 Å². The summed E-state index contributed by atoms with van der Waals surface area (Å²) in [5.41, 5.74) is 0.656. The highest BCUT2D eigenvalue weighted by molar-refractivity contribution is 7.80. The maximum atomic E-state index is 10.7. The lowest BCUT2D eigenvalue weighted by Gasteiger charge is -2.14. The minimum atomic E-state index is -4.50. The molecule has 0 radical (unpaired) electrons. The second kappa shape index (κ2) is 2.97. The van der Waals surface area contributed by atoms with Crippen LogP contribution in [0.15, 0.2) is 6.20 Å². The molecule has 2 N–H and O–H groups in total. The smallest absolute Gasteiger partial charge is 0.350 e. The highest BCUT2D eigenvalue weighted by atomic mass is 32.3. The Balaban J connectivity index is 2.11. The normalized spacial score (nSPS) is 18.7. The molecule has 0 atom stereocenters. The number of aromatic nitrogens is 2. The quantitative estimate of drug-likeness (QED) is 0.558. The van der Waals surface area contributed by atoms with Gasteiger partial charge >= 0.3 is 10.4 Å². The van der Waals surface area contributed by atoms with Crippen LogP contribution in [0, 0.1) is 0 Å². The molecule has 1 saturated heterocycles. The Bertz CT molecular complexity index is 648. The molecule has 0 spiro atoms. The van der Waals surface area contributed by atoms with Crippen LogP contribution < -0.4 is 10.6 Å². The van der Waals surface area contributed by atoms with Gasteiger partial charge in [-0.25, -0.2) is 5.06 Å². The van der Waals surface area contributed by atoms with Gasteiger partial charge in [0.15, 0.2) is 0 Å². The third-order valence-corrected chi connectivity index (χ3v) is 2.81. The molecule has 2 bridgehead atoms. The summed E-state index contributed by atoms with van der Waals surface area (Å²) in [5, 5.41) is 9.34. The van der Waals surface area contributed by atoms with Crippen molar-refractivity contribution in [3.8, 4) is 0 Å². The van der Waals surface area contributed by atoms with E-state index in [1.165, 1.54) is 0 Å². The Hall–Kier alpha value is -1.58. The molecule has 1 aromatic heterocycles. The summed E-state index contributed by atoms with van der Waals surface area (Å²) in [5.74, 6) is 0. The standard InChI is InChI=1S/C7H8N4O4S/c12-16(13,14)15-11-4-10-2-6-5(1-8-9-6)7(11)3-10/h1-2,9H,3-4H2,(H,12,13,14). The Labute approximate surface area is 90.3 Å². The lowest BCUT2D eigenvalue weighted by molar-refractivity contribution is -0.00267. The average Bonchev–Trinajstić information content (AvgIpc) is 2.71. The number of hydrogen-bond donors (Lipinski definition) is 2. The fraction of sp³-hybridized carbons (Fsp3) is 0.286. The summed E-state index contributed by atoms with van der Waals surface area (Å²) < 4.78 is 34.4. The zero-order valence-electron chi connectivity index (χ0n) is 7.99. The van der Waals surface area contributed by atoms with Gasteiger partial charge in [0.2, 0.25) is 0 Å². The summed E-state index contributed by atoms with van der Waals surface area (Å²) in [6, 6.07) is 0. The topological polar surface area (TPSA) is 98.8 Å². The molecule has 86 valence electrons. The van der Waals surface area contributed by atoms with Gasteiger partial charge < -0.3 is 4.90 Å². The van der Waals surface area contributed by atoms with Gasteiger partial charge in [-0.05, 0) is 0 Å². The molecule has 9 heteroatoms. The first kappa shape index (κ1) is 9.63. The molecule has 3 rings (SSSR count). The molecule has 2 aliphatic rings. The van der Waals surface area contributed by atoms with Gasteiger partial charge in [0, 0.05) is 11.4 Å². The van der Waals surface area contributed by atoms with E-state index in [4.69, 9.17) is 4.55 Å². The van der Waals surface area contributed by atoms with Gasteiger partial charge in [0.1, 0.15) is 6.67 Å². The third kappa shape index (κ3) is 1.45. The zero-order valence-corrected chi connectivity index (χ0v) is 8.81. The van der Waals surface area contributed by atoms with E-state index in [2.05, 4.69) is 14.5 Å². The van der Waals surface area contributed by atoms with Crippen molar-refractivity contribution in [1.82, 2.24) is 20.2 Å². The van der Waals surface area contributed by atoms with Crippen LogP contribution in [-0.2, 0) is 14.7 Å².